The van der Waals surface area contributed by atoms with Gasteiger partial charge in [-0.15, -0.1) is 10.2 Å². The molecule has 0 spiro atoms. The van der Waals surface area contributed by atoms with Crippen LogP contribution < -0.4 is 25.3 Å². The number of aryl methyl sites for hydroxylation is 1. The molecule has 2 N–H and O–H groups in total. The van der Waals surface area contributed by atoms with Crippen molar-refractivity contribution < 1.29 is 14.4 Å². The minimum atomic E-state index is -0.369. The maximum atomic E-state index is 13.0. The lowest BCUT2D eigenvalue weighted by molar-refractivity contribution is -0.120. The van der Waals surface area contributed by atoms with Gasteiger partial charge in [-0.05, 0) is 119 Å². The SMILES string of the molecule is Cc1cc(-c2nc(N3CCC(N4CCN(CC5CCN(c6ccc(N7CCC(=O)NC7=O)cc6)CC5)CC4)CC3)cn3nccc23)ccc1[C@@H](C)NC(=O)c1nnn(C(C)(C)C)n1. The number of anilines is 3. The van der Waals surface area contributed by atoms with Crippen molar-refractivity contribution in [2.24, 2.45) is 5.92 Å². The van der Waals surface area contributed by atoms with Crippen LogP contribution in [0.2, 0.25) is 0 Å². The fraction of sp³-hybridized carbons (Fsp3) is 0.522. The number of nitrogens with one attached hydrogen (secondary N) is 2. The van der Waals surface area contributed by atoms with Crippen LogP contribution >= 0.6 is 0 Å². The molecule has 332 valence electrons. The van der Waals surface area contributed by atoms with Crippen molar-refractivity contribution in [1.82, 2.24) is 55.2 Å². The third kappa shape index (κ3) is 9.25. The molecule has 3 aromatic heterocycles. The van der Waals surface area contributed by atoms with Crippen LogP contribution in [-0.2, 0) is 10.3 Å². The van der Waals surface area contributed by atoms with Gasteiger partial charge in [0.05, 0.1) is 35.2 Å². The summed E-state index contributed by atoms with van der Waals surface area (Å²) in [5.74, 6) is 1.13. The molecular weight excluding hydrogens is 797 g/mol. The van der Waals surface area contributed by atoms with Gasteiger partial charge < -0.3 is 20.0 Å². The molecule has 4 aliphatic heterocycles. The van der Waals surface area contributed by atoms with E-state index in [9.17, 15) is 14.4 Å². The van der Waals surface area contributed by atoms with Gasteiger partial charge in [0.15, 0.2) is 0 Å². The van der Waals surface area contributed by atoms with E-state index >= 15 is 0 Å². The fourth-order valence-electron chi connectivity index (χ4n) is 9.68. The van der Waals surface area contributed by atoms with Crippen LogP contribution in [0.5, 0.6) is 0 Å². The number of amides is 4. The Hall–Kier alpha value is -5.94. The number of rotatable bonds is 10. The lowest BCUT2D eigenvalue weighted by Crippen LogP contribution is -2.54. The van der Waals surface area contributed by atoms with Crippen molar-refractivity contribution in [3.63, 3.8) is 0 Å². The van der Waals surface area contributed by atoms with Crippen LogP contribution in [0.15, 0.2) is 60.9 Å². The average Bonchev–Trinajstić information content (AvgIpc) is 3.99. The number of fused-ring (bicyclic) bond motifs is 1. The minimum Gasteiger partial charge on any atom is -0.372 e. The number of tetrazole rings is 1. The molecule has 0 saturated carbocycles. The van der Waals surface area contributed by atoms with Crippen LogP contribution in [0.25, 0.3) is 16.8 Å². The van der Waals surface area contributed by atoms with E-state index in [1.165, 1.54) is 29.9 Å². The number of aromatic nitrogens is 7. The number of nitrogens with zero attached hydrogens (tertiary/aromatic N) is 12. The molecular formula is C46H60N14O3. The molecule has 5 aromatic rings. The summed E-state index contributed by atoms with van der Waals surface area (Å²) in [5.41, 5.74) is 6.56. The summed E-state index contributed by atoms with van der Waals surface area (Å²) >= 11 is 0. The number of imide groups is 1. The highest BCUT2D eigenvalue weighted by molar-refractivity contribution is 6.05. The predicted octanol–water partition coefficient (Wildman–Crippen LogP) is 4.89. The van der Waals surface area contributed by atoms with E-state index in [0.29, 0.717) is 24.9 Å². The van der Waals surface area contributed by atoms with Crippen molar-refractivity contribution >= 4 is 40.6 Å². The summed E-state index contributed by atoms with van der Waals surface area (Å²) in [7, 11) is 0. The maximum Gasteiger partial charge on any atom is 0.328 e. The second-order valence-electron chi connectivity index (χ2n) is 18.7. The number of piperazine rings is 1. The normalized spacial score (nSPS) is 19.5. The Labute approximate surface area is 368 Å². The number of urea groups is 1. The molecule has 0 radical (unpaired) electrons. The van der Waals surface area contributed by atoms with E-state index in [2.05, 4.69) is 94.2 Å². The zero-order valence-corrected chi connectivity index (χ0v) is 37.2. The van der Waals surface area contributed by atoms with Gasteiger partial charge >= 0.3 is 6.03 Å². The Morgan fingerprint density at radius 3 is 2.27 bits per heavy atom. The van der Waals surface area contributed by atoms with Crippen molar-refractivity contribution in [2.75, 3.05) is 80.1 Å². The highest BCUT2D eigenvalue weighted by atomic mass is 16.2. The summed E-state index contributed by atoms with van der Waals surface area (Å²) in [6.07, 6.45) is 8.80. The van der Waals surface area contributed by atoms with Crippen LogP contribution in [0.4, 0.5) is 22.0 Å². The smallest absolute Gasteiger partial charge is 0.328 e. The predicted molar refractivity (Wildman–Crippen MR) is 242 cm³/mol. The minimum absolute atomic E-state index is 0.0522. The molecule has 4 saturated heterocycles. The van der Waals surface area contributed by atoms with Crippen molar-refractivity contribution in [3.8, 4) is 11.3 Å². The molecule has 63 heavy (non-hydrogen) atoms. The van der Waals surface area contributed by atoms with Crippen molar-refractivity contribution in [3.05, 3.63) is 77.9 Å². The van der Waals surface area contributed by atoms with Gasteiger partial charge in [0.25, 0.3) is 11.7 Å². The van der Waals surface area contributed by atoms with E-state index in [1.54, 1.807) is 4.90 Å². The average molecular weight is 857 g/mol. The molecule has 17 nitrogen and oxygen atoms in total. The lowest BCUT2D eigenvalue weighted by atomic mass is 9.95. The Morgan fingerprint density at radius 1 is 0.873 bits per heavy atom. The Morgan fingerprint density at radius 2 is 1.59 bits per heavy atom. The van der Waals surface area contributed by atoms with Gasteiger partial charge in [-0.1, -0.05) is 12.1 Å². The van der Waals surface area contributed by atoms with Gasteiger partial charge in [-0.2, -0.15) is 9.90 Å². The van der Waals surface area contributed by atoms with Crippen molar-refractivity contribution in [1.29, 1.82) is 0 Å². The molecule has 2 aromatic carbocycles. The number of hydrogen-bond acceptors (Lipinski definition) is 12. The molecule has 0 aliphatic carbocycles. The van der Waals surface area contributed by atoms with E-state index in [0.717, 1.165) is 105 Å². The second-order valence-corrected chi connectivity index (χ2v) is 18.7. The highest BCUT2D eigenvalue weighted by Gasteiger charge is 2.31. The van der Waals surface area contributed by atoms with Gasteiger partial charge in [-0.3, -0.25) is 24.7 Å². The number of hydrogen-bond donors (Lipinski definition) is 2. The zero-order chi connectivity index (χ0) is 43.8. The molecule has 9 rings (SSSR count). The molecule has 17 heteroatoms. The van der Waals surface area contributed by atoms with Gasteiger partial charge in [0.2, 0.25) is 5.91 Å². The van der Waals surface area contributed by atoms with E-state index in [-0.39, 0.29) is 35.3 Å². The van der Waals surface area contributed by atoms with Crippen molar-refractivity contribution in [2.45, 2.75) is 84.3 Å². The summed E-state index contributed by atoms with van der Waals surface area (Å²) in [5, 5.41) is 22.4. The zero-order valence-electron chi connectivity index (χ0n) is 37.2. The summed E-state index contributed by atoms with van der Waals surface area (Å²) in [4.78, 5) is 55.5. The molecule has 4 fully saturated rings. The van der Waals surface area contributed by atoms with E-state index < -0.39 is 0 Å². The molecule has 1 atom stereocenters. The van der Waals surface area contributed by atoms with Crippen LogP contribution in [-0.4, -0.2) is 134 Å². The Balaban J connectivity index is 0.747. The first kappa shape index (κ1) is 42.4. The number of piperidine rings is 2. The number of carbonyl (C=O) groups is 3. The first-order valence-electron chi connectivity index (χ1n) is 22.6. The van der Waals surface area contributed by atoms with Gasteiger partial charge in [0.1, 0.15) is 5.82 Å². The fourth-order valence-corrected chi connectivity index (χ4v) is 9.68. The standard InChI is InChI=1S/C46H60N14O3/c1-31-28-34(6-11-38(31)32(2)48-44(62)43-51-53-60(52-43)46(3,4)5)42-39-12-18-47-59(39)30-40(49-42)57-21-15-36(16-22-57)56-26-24-54(25-27-56)29-33-13-19-55(20-14-33)35-7-9-37(10-8-35)58-23-17-41(61)50-45(58)63/h6-12,18,28,30,32-33,36H,13-17,19-27,29H2,1-5H3,(H,48,62)(H,50,61,63)/t32-/m1/s1. The third-order valence-corrected chi connectivity index (χ3v) is 13.4. The Bertz CT molecular complexity index is 2430. The summed E-state index contributed by atoms with van der Waals surface area (Å²) < 4.78 is 1.94. The molecule has 0 unspecified atom stereocenters. The summed E-state index contributed by atoms with van der Waals surface area (Å²) in [6, 6.07) is 16.5. The largest absolute Gasteiger partial charge is 0.372 e. The first-order chi connectivity index (χ1) is 30.4. The number of carbonyl (C=O) groups excluding carboxylic acids is 3. The van der Waals surface area contributed by atoms with E-state index in [1.807, 2.05) is 56.6 Å². The lowest BCUT2D eigenvalue weighted by Gasteiger charge is -2.44. The third-order valence-electron chi connectivity index (χ3n) is 13.4. The number of benzene rings is 2. The second kappa shape index (κ2) is 17.7. The molecule has 4 amide bonds. The highest BCUT2D eigenvalue weighted by Crippen LogP contribution is 2.32. The topological polar surface area (TPSA) is 165 Å². The van der Waals surface area contributed by atoms with E-state index in [4.69, 9.17) is 4.98 Å². The molecule has 4 aliphatic rings. The van der Waals surface area contributed by atoms with Crippen LogP contribution in [0.3, 0.4) is 0 Å². The molecule has 0 bridgehead atoms. The van der Waals surface area contributed by atoms with Crippen LogP contribution in [0, 0.1) is 12.8 Å². The quantitative estimate of drug-likeness (QED) is 0.196. The molecule has 7 heterocycles. The maximum absolute atomic E-state index is 13.0. The summed E-state index contributed by atoms with van der Waals surface area (Å²) in [6.45, 7) is 20.0. The monoisotopic (exact) mass is 856 g/mol. The van der Waals surface area contributed by atoms with Gasteiger partial charge in [0, 0.05) is 94.8 Å². The van der Waals surface area contributed by atoms with Crippen LogP contribution in [0.1, 0.15) is 87.6 Å². The Kier molecular flexibility index (Phi) is 11.9. The van der Waals surface area contributed by atoms with Gasteiger partial charge in [-0.25, -0.2) is 14.3 Å². The first-order valence-corrected chi connectivity index (χ1v) is 22.6.